The Morgan fingerprint density at radius 1 is 1.26 bits per heavy atom. The molecule has 2 heterocycles. The van der Waals surface area contributed by atoms with E-state index in [1.807, 2.05) is 11.8 Å². The normalized spacial score (nSPS) is 21.4. The highest BCUT2D eigenvalue weighted by molar-refractivity contribution is 8.01. The number of hydrogen-bond donors (Lipinski definition) is 1. The second kappa shape index (κ2) is 10.4. The van der Waals surface area contributed by atoms with Crippen molar-refractivity contribution in [2.45, 2.75) is 62.6 Å². The number of carbonyl (C=O) groups excluding carboxylic acids is 2. The molecule has 0 aromatic carbocycles. The Labute approximate surface area is 169 Å². The highest BCUT2D eigenvalue weighted by Crippen LogP contribution is 2.27. The minimum atomic E-state index is -0.0512. The molecule has 1 N–H and O–H groups in total. The first-order chi connectivity index (χ1) is 13.1. The summed E-state index contributed by atoms with van der Waals surface area (Å²) in [5.41, 5.74) is 0. The van der Waals surface area contributed by atoms with Gasteiger partial charge in [-0.3, -0.25) is 9.59 Å². The minimum absolute atomic E-state index is 0.0512. The average molecular weight is 411 g/mol. The molecule has 6 nitrogen and oxygen atoms in total. The molecule has 150 valence electrons. The first-order valence-electron chi connectivity index (χ1n) is 10.1. The molecule has 1 aromatic rings. The molecule has 0 radical (unpaired) electrons. The molecule has 0 unspecified atom stereocenters. The van der Waals surface area contributed by atoms with Crippen molar-refractivity contribution in [2.24, 2.45) is 11.8 Å². The van der Waals surface area contributed by atoms with Crippen LogP contribution in [0, 0.1) is 18.8 Å². The van der Waals surface area contributed by atoms with E-state index in [1.165, 1.54) is 32.1 Å². The van der Waals surface area contributed by atoms with Crippen molar-refractivity contribution in [1.82, 2.24) is 20.4 Å². The van der Waals surface area contributed by atoms with Crippen LogP contribution in [0.15, 0.2) is 4.34 Å². The maximum atomic E-state index is 12.5. The second-order valence-electron chi connectivity index (χ2n) is 7.62. The van der Waals surface area contributed by atoms with Gasteiger partial charge in [0.15, 0.2) is 4.34 Å². The molecule has 27 heavy (non-hydrogen) atoms. The van der Waals surface area contributed by atoms with Crippen LogP contribution in [0.25, 0.3) is 0 Å². The van der Waals surface area contributed by atoms with Gasteiger partial charge in [0.1, 0.15) is 5.01 Å². The first-order valence-corrected chi connectivity index (χ1v) is 11.9. The lowest BCUT2D eigenvalue weighted by molar-refractivity contribution is -0.139. The SMILES string of the molecule is Cc1nnc(SCCCNC(=O)[C@H]2CCC(=O)N(CC3CCCCC3)C2)s1. The van der Waals surface area contributed by atoms with E-state index in [4.69, 9.17) is 0 Å². The van der Waals surface area contributed by atoms with E-state index in [2.05, 4.69) is 15.5 Å². The Morgan fingerprint density at radius 2 is 2.07 bits per heavy atom. The van der Waals surface area contributed by atoms with Crippen molar-refractivity contribution in [3.05, 3.63) is 5.01 Å². The number of piperidine rings is 1. The van der Waals surface area contributed by atoms with Crippen LogP contribution >= 0.6 is 23.1 Å². The summed E-state index contributed by atoms with van der Waals surface area (Å²) in [6, 6.07) is 0. The highest BCUT2D eigenvalue weighted by atomic mass is 32.2. The number of hydrogen-bond acceptors (Lipinski definition) is 6. The topological polar surface area (TPSA) is 75.2 Å². The Morgan fingerprint density at radius 3 is 2.81 bits per heavy atom. The zero-order chi connectivity index (χ0) is 19.1. The van der Waals surface area contributed by atoms with Crippen LogP contribution in [0.2, 0.25) is 0 Å². The van der Waals surface area contributed by atoms with Crippen LogP contribution in [0.4, 0.5) is 0 Å². The summed E-state index contributed by atoms with van der Waals surface area (Å²) in [6.07, 6.45) is 8.45. The predicted octanol–water partition coefficient (Wildman–Crippen LogP) is 3.26. The van der Waals surface area contributed by atoms with Gasteiger partial charge in [0.05, 0.1) is 5.92 Å². The fraction of sp³-hybridized carbons (Fsp3) is 0.789. The molecule has 2 amide bonds. The molecule has 1 aliphatic carbocycles. The predicted molar refractivity (Wildman–Crippen MR) is 109 cm³/mol. The largest absolute Gasteiger partial charge is 0.356 e. The third-order valence-corrected chi connectivity index (χ3v) is 7.49. The third kappa shape index (κ3) is 6.45. The van der Waals surface area contributed by atoms with Gasteiger partial charge in [0.2, 0.25) is 11.8 Å². The molecular weight excluding hydrogens is 380 g/mol. The van der Waals surface area contributed by atoms with E-state index in [9.17, 15) is 9.59 Å². The van der Waals surface area contributed by atoms with Crippen molar-refractivity contribution >= 4 is 34.9 Å². The van der Waals surface area contributed by atoms with E-state index in [-0.39, 0.29) is 17.7 Å². The smallest absolute Gasteiger partial charge is 0.224 e. The van der Waals surface area contributed by atoms with Gasteiger partial charge >= 0.3 is 0 Å². The lowest BCUT2D eigenvalue weighted by Gasteiger charge is -2.35. The maximum Gasteiger partial charge on any atom is 0.224 e. The molecule has 0 bridgehead atoms. The first kappa shape index (κ1) is 20.6. The van der Waals surface area contributed by atoms with Gasteiger partial charge in [0.25, 0.3) is 0 Å². The van der Waals surface area contributed by atoms with Crippen molar-refractivity contribution in [3.63, 3.8) is 0 Å². The van der Waals surface area contributed by atoms with Crippen molar-refractivity contribution in [2.75, 3.05) is 25.4 Å². The van der Waals surface area contributed by atoms with Gasteiger partial charge in [-0.2, -0.15) is 0 Å². The zero-order valence-corrected chi connectivity index (χ0v) is 17.7. The molecule has 1 saturated carbocycles. The summed E-state index contributed by atoms with van der Waals surface area (Å²) in [6.45, 7) is 4.08. The monoisotopic (exact) mass is 410 g/mol. The Bertz CT molecular complexity index is 631. The molecule has 2 fully saturated rings. The fourth-order valence-electron chi connectivity index (χ4n) is 3.91. The second-order valence-corrected chi connectivity index (χ2v) is 10.1. The van der Waals surface area contributed by atoms with Gasteiger partial charge < -0.3 is 10.2 Å². The standard InChI is InChI=1S/C19H30N4O2S2/c1-14-21-22-19(27-14)26-11-5-10-20-18(25)16-8-9-17(24)23(13-16)12-15-6-3-2-4-7-15/h15-16H,2-13H2,1H3,(H,20,25)/t16-/m0/s1. The summed E-state index contributed by atoms with van der Waals surface area (Å²) in [4.78, 5) is 26.7. The lowest BCUT2D eigenvalue weighted by Crippen LogP contribution is -2.47. The van der Waals surface area contributed by atoms with E-state index in [1.54, 1.807) is 23.1 Å². The summed E-state index contributed by atoms with van der Waals surface area (Å²) < 4.78 is 0.989. The van der Waals surface area contributed by atoms with Gasteiger partial charge in [-0.05, 0) is 38.5 Å². The summed E-state index contributed by atoms with van der Waals surface area (Å²) in [7, 11) is 0. The van der Waals surface area contributed by atoms with E-state index in [0.717, 1.165) is 28.1 Å². The Balaban J connectivity index is 1.35. The maximum absolute atomic E-state index is 12.5. The number of aromatic nitrogens is 2. The number of aryl methyl sites for hydroxylation is 1. The number of thioether (sulfide) groups is 1. The third-order valence-electron chi connectivity index (χ3n) is 5.43. The van der Waals surface area contributed by atoms with Crippen LogP contribution in [-0.4, -0.2) is 52.3 Å². The highest BCUT2D eigenvalue weighted by Gasteiger charge is 2.31. The number of amides is 2. The molecule has 1 atom stereocenters. The van der Waals surface area contributed by atoms with E-state index >= 15 is 0 Å². The molecule has 3 rings (SSSR count). The van der Waals surface area contributed by atoms with Crippen molar-refractivity contribution in [1.29, 1.82) is 0 Å². The van der Waals surface area contributed by atoms with Crippen LogP contribution in [0.1, 0.15) is 56.4 Å². The fourth-order valence-corrected chi connectivity index (χ4v) is 5.74. The number of rotatable bonds is 8. The van der Waals surface area contributed by atoms with Crippen LogP contribution in [0.3, 0.4) is 0 Å². The Hall–Kier alpha value is -1.15. The average Bonchev–Trinajstić information content (AvgIpc) is 3.09. The summed E-state index contributed by atoms with van der Waals surface area (Å²) in [5.74, 6) is 1.84. The number of nitrogens with one attached hydrogen (secondary N) is 1. The summed E-state index contributed by atoms with van der Waals surface area (Å²) >= 11 is 3.29. The van der Waals surface area contributed by atoms with Gasteiger partial charge in [-0.15, -0.1) is 10.2 Å². The van der Waals surface area contributed by atoms with E-state index < -0.39 is 0 Å². The number of likely N-dealkylation sites (tertiary alicyclic amines) is 1. The molecule has 8 heteroatoms. The lowest BCUT2D eigenvalue weighted by atomic mass is 9.87. The zero-order valence-electron chi connectivity index (χ0n) is 16.1. The van der Waals surface area contributed by atoms with Crippen LogP contribution < -0.4 is 5.32 Å². The van der Waals surface area contributed by atoms with Gasteiger partial charge in [-0.25, -0.2) is 0 Å². The molecule has 1 saturated heterocycles. The molecule has 1 aliphatic heterocycles. The molecule has 1 aromatic heterocycles. The van der Waals surface area contributed by atoms with Crippen molar-refractivity contribution in [3.8, 4) is 0 Å². The molecule has 2 aliphatic rings. The summed E-state index contributed by atoms with van der Waals surface area (Å²) in [5, 5.41) is 12.1. The molecular formula is C19H30N4O2S2. The van der Waals surface area contributed by atoms with Crippen LogP contribution in [-0.2, 0) is 9.59 Å². The Kier molecular flexibility index (Phi) is 7.93. The van der Waals surface area contributed by atoms with Gasteiger partial charge in [0, 0.05) is 31.8 Å². The minimum Gasteiger partial charge on any atom is -0.356 e. The molecule has 0 spiro atoms. The van der Waals surface area contributed by atoms with E-state index in [0.29, 0.717) is 31.8 Å². The van der Waals surface area contributed by atoms with Crippen molar-refractivity contribution < 1.29 is 9.59 Å². The quantitative estimate of drug-likeness (QED) is 0.526. The van der Waals surface area contributed by atoms with Crippen LogP contribution in [0.5, 0.6) is 0 Å². The number of carbonyl (C=O) groups is 2. The number of nitrogens with zero attached hydrogens (tertiary/aromatic N) is 3. The van der Waals surface area contributed by atoms with Gasteiger partial charge in [-0.1, -0.05) is 42.4 Å².